The van der Waals surface area contributed by atoms with Crippen molar-refractivity contribution in [2.75, 3.05) is 19.0 Å². The molecule has 0 radical (unpaired) electrons. The van der Waals surface area contributed by atoms with Gasteiger partial charge in [0, 0.05) is 13.2 Å². The molecule has 11 heavy (non-hydrogen) atoms. The maximum absolute atomic E-state index is 5.44. The molecular weight excluding hydrogens is 156 g/mol. The van der Waals surface area contributed by atoms with E-state index in [2.05, 4.69) is 26.5 Å². The summed E-state index contributed by atoms with van der Waals surface area (Å²) < 4.78 is 5.44. The van der Waals surface area contributed by atoms with Gasteiger partial charge in [0.15, 0.2) is 0 Å². The summed E-state index contributed by atoms with van der Waals surface area (Å²) in [7, 11) is 0. The Morgan fingerprint density at radius 3 is 2.64 bits per heavy atom. The molecule has 0 aliphatic rings. The van der Waals surface area contributed by atoms with Gasteiger partial charge in [-0.3, -0.25) is 0 Å². The lowest BCUT2D eigenvalue weighted by Crippen LogP contribution is -2.07. The lowest BCUT2D eigenvalue weighted by atomic mass is 10.2. The molecule has 0 aromatic rings. The SMILES string of the molecule is CCCCCOCC(C)CS. The normalized spacial score (nSPS) is 13.4. The minimum Gasteiger partial charge on any atom is -0.381 e. The summed E-state index contributed by atoms with van der Waals surface area (Å²) >= 11 is 4.18. The molecule has 68 valence electrons. The van der Waals surface area contributed by atoms with Gasteiger partial charge >= 0.3 is 0 Å². The molecule has 0 aromatic carbocycles. The molecule has 0 aliphatic carbocycles. The van der Waals surface area contributed by atoms with Crippen LogP contribution in [0.1, 0.15) is 33.1 Å². The lowest BCUT2D eigenvalue weighted by Gasteiger charge is -2.08. The Balaban J connectivity index is 2.89. The number of hydrogen-bond donors (Lipinski definition) is 1. The highest BCUT2D eigenvalue weighted by atomic mass is 32.1. The molecule has 1 unspecified atom stereocenters. The molecule has 0 saturated carbocycles. The fourth-order valence-electron chi connectivity index (χ4n) is 0.791. The first-order chi connectivity index (χ1) is 5.31. The van der Waals surface area contributed by atoms with E-state index in [0.29, 0.717) is 5.92 Å². The van der Waals surface area contributed by atoms with Gasteiger partial charge in [-0.2, -0.15) is 12.6 Å². The van der Waals surface area contributed by atoms with E-state index < -0.39 is 0 Å². The van der Waals surface area contributed by atoms with Gasteiger partial charge < -0.3 is 4.74 Å². The van der Waals surface area contributed by atoms with Gasteiger partial charge in [-0.25, -0.2) is 0 Å². The van der Waals surface area contributed by atoms with Gasteiger partial charge in [0.05, 0.1) is 0 Å². The first kappa shape index (κ1) is 11.3. The van der Waals surface area contributed by atoms with Gasteiger partial charge in [0.2, 0.25) is 0 Å². The minimum absolute atomic E-state index is 0.597. The summed E-state index contributed by atoms with van der Waals surface area (Å²) in [4.78, 5) is 0. The van der Waals surface area contributed by atoms with Crippen molar-refractivity contribution in [3.8, 4) is 0 Å². The van der Waals surface area contributed by atoms with Gasteiger partial charge in [-0.15, -0.1) is 0 Å². The topological polar surface area (TPSA) is 9.23 Å². The maximum Gasteiger partial charge on any atom is 0.0499 e. The number of unbranched alkanes of at least 4 members (excludes halogenated alkanes) is 2. The van der Waals surface area contributed by atoms with E-state index in [4.69, 9.17) is 4.74 Å². The van der Waals surface area contributed by atoms with E-state index in [1.165, 1.54) is 19.3 Å². The Kier molecular flexibility index (Phi) is 8.64. The predicted octanol–water partition coefficient (Wildman–Crippen LogP) is 2.76. The quantitative estimate of drug-likeness (QED) is 0.463. The van der Waals surface area contributed by atoms with Crippen molar-refractivity contribution in [1.82, 2.24) is 0 Å². The fourth-order valence-corrected chi connectivity index (χ4v) is 0.897. The molecule has 0 aliphatic heterocycles. The first-order valence-electron chi connectivity index (χ1n) is 4.49. The van der Waals surface area contributed by atoms with Crippen LogP contribution in [0.5, 0.6) is 0 Å². The summed E-state index contributed by atoms with van der Waals surface area (Å²) in [5.41, 5.74) is 0. The molecule has 1 nitrogen and oxygen atoms in total. The van der Waals surface area contributed by atoms with Crippen LogP contribution in [0, 0.1) is 5.92 Å². The molecule has 1 atom stereocenters. The highest BCUT2D eigenvalue weighted by Crippen LogP contribution is 2.00. The Hall–Kier alpha value is 0.310. The standard InChI is InChI=1S/C9H20OS/c1-3-4-5-6-10-7-9(2)8-11/h9,11H,3-8H2,1-2H3. The van der Waals surface area contributed by atoms with Crippen LogP contribution in [0.25, 0.3) is 0 Å². The lowest BCUT2D eigenvalue weighted by molar-refractivity contribution is 0.108. The third kappa shape index (κ3) is 8.21. The molecule has 0 heterocycles. The highest BCUT2D eigenvalue weighted by molar-refractivity contribution is 7.80. The van der Waals surface area contributed by atoms with E-state index in [0.717, 1.165) is 19.0 Å². The summed E-state index contributed by atoms with van der Waals surface area (Å²) in [5, 5.41) is 0. The average molecular weight is 176 g/mol. The summed E-state index contributed by atoms with van der Waals surface area (Å²) in [6, 6.07) is 0. The Bertz CT molecular complexity index is 76.0. The third-order valence-corrected chi connectivity index (χ3v) is 2.23. The summed E-state index contributed by atoms with van der Waals surface area (Å²) in [6.45, 7) is 6.16. The van der Waals surface area contributed by atoms with Gasteiger partial charge in [0.25, 0.3) is 0 Å². The monoisotopic (exact) mass is 176 g/mol. The van der Waals surface area contributed by atoms with E-state index in [1.807, 2.05) is 0 Å². The van der Waals surface area contributed by atoms with Crippen LogP contribution >= 0.6 is 12.6 Å². The molecule has 0 saturated heterocycles. The molecule has 2 heteroatoms. The highest BCUT2D eigenvalue weighted by Gasteiger charge is 1.97. The molecule has 0 bridgehead atoms. The molecule has 0 N–H and O–H groups in total. The zero-order valence-electron chi connectivity index (χ0n) is 7.68. The predicted molar refractivity (Wildman–Crippen MR) is 53.4 cm³/mol. The smallest absolute Gasteiger partial charge is 0.0499 e. The van der Waals surface area contributed by atoms with Crippen molar-refractivity contribution < 1.29 is 4.74 Å². The van der Waals surface area contributed by atoms with Crippen LogP contribution in [-0.2, 0) is 4.74 Å². The number of ether oxygens (including phenoxy) is 1. The number of rotatable bonds is 7. The van der Waals surface area contributed by atoms with Crippen molar-refractivity contribution in [1.29, 1.82) is 0 Å². The van der Waals surface area contributed by atoms with Crippen LogP contribution in [-0.4, -0.2) is 19.0 Å². The molecule has 0 amide bonds. The molecule has 0 spiro atoms. The van der Waals surface area contributed by atoms with E-state index in [-0.39, 0.29) is 0 Å². The second kappa shape index (κ2) is 8.41. The largest absolute Gasteiger partial charge is 0.381 e. The minimum atomic E-state index is 0.597. The third-order valence-electron chi connectivity index (χ3n) is 1.61. The number of thiol groups is 1. The van der Waals surface area contributed by atoms with E-state index in [1.54, 1.807) is 0 Å². The Morgan fingerprint density at radius 2 is 2.09 bits per heavy atom. The van der Waals surface area contributed by atoms with Crippen molar-refractivity contribution >= 4 is 12.6 Å². The Labute approximate surface area is 75.9 Å². The molecule has 0 rings (SSSR count). The first-order valence-corrected chi connectivity index (χ1v) is 5.13. The fraction of sp³-hybridized carbons (Fsp3) is 1.00. The van der Waals surface area contributed by atoms with E-state index >= 15 is 0 Å². The van der Waals surface area contributed by atoms with Crippen LogP contribution in [0.2, 0.25) is 0 Å². The van der Waals surface area contributed by atoms with Gasteiger partial charge in [-0.1, -0.05) is 26.7 Å². The Morgan fingerprint density at radius 1 is 1.36 bits per heavy atom. The molecule has 0 fully saturated rings. The van der Waals surface area contributed by atoms with Crippen LogP contribution < -0.4 is 0 Å². The van der Waals surface area contributed by atoms with Crippen molar-refractivity contribution in [3.63, 3.8) is 0 Å². The average Bonchev–Trinajstić information content (AvgIpc) is 2.04. The van der Waals surface area contributed by atoms with Crippen LogP contribution in [0.3, 0.4) is 0 Å². The zero-order valence-corrected chi connectivity index (χ0v) is 8.57. The van der Waals surface area contributed by atoms with Crippen LogP contribution in [0.4, 0.5) is 0 Å². The van der Waals surface area contributed by atoms with Crippen LogP contribution in [0.15, 0.2) is 0 Å². The van der Waals surface area contributed by atoms with Crippen molar-refractivity contribution in [2.45, 2.75) is 33.1 Å². The maximum atomic E-state index is 5.44. The van der Waals surface area contributed by atoms with Gasteiger partial charge in [0.1, 0.15) is 0 Å². The second-order valence-electron chi connectivity index (χ2n) is 3.07. The van der Waals surface area contributed by atoms with Crippen molar-refractivity contribution in [2.24, 2.45) is 5.92 Å². The molecule has 0 aromatic heterocycles. The molecular formula is C9H20OS. The van der Waals surface area contributed by atoms with Crippen molar-refractivity contribution in [3.05, 3.63) is 0 Å². The summed E-state index contributed by atoms with van der Waals surface area (Å²) in [6.07, 6.45) is 3.76. The number of hydrogen-bond acceptors (Lipinski definition) is 2. The zero-order chi connectivity index (χ0) is 8.53. The second-order valence-corrected chi connectivity index (χ2v) is 3.43. The van der Waals surface area contributed by atoms with E-state index in [9.17, 15) is 0 Å². The van der Waals surface area contributed by atoms with Gasteiger partial charge in [-0.05, 0) is 18.1 Å². The summed E-state index contributed by atoms with van der Waals surface area (Å²) in [5.74, 6) is 1.52.